The zero-order valence-corrected chi connectivity index (χ0v) is 6.68. The van der Waals surface area contributed by atoms with Gasteiger partial charge in [0, 0.05) is 0 Å². The molecule has 1 rings (SSSR count). The molecule has 1 heterocycles. The number of hydrogen-bond acceptors (Lipinski definition) is 4. The Bertz CT molecular complexity index is 274. The minimum atomic E-state index is -0.712. The number of ether oxygens (including phenoxy) is 1. The Labute approximate surface area is 67.7 Å². The van der Waals surface area contributed by atoms with Crippen LogP contribution in [-0.2, 0) is 11.3 Å². The van der Waals surface area contributed by atoms with Gasteiger partial charge in [0.25, 0.3) is 0 Å². The molecule has 0 saturated heterocycles. The first-order valence-corrected chi connectivity index (χ1v) is 3.50. The molecule has 0 aliphatic heterocycles. The fourth-order valence-corrected chi connectivity index (χ4v) is 0.715. The third-order valence-corrected chi connectivity index (χ3v) is 1.30. The molecule has 62 valence electrons. The fraction of sp³-hybridized carbons (Fsp3) is 0.500. The highest BCUT2D eigenvalue weighted by atomic mass is 35.5. The van der Waals surface area contributed by atoms with E-state index in [1.807, 2.05) is 0 Å². The van der Waals surface area contributed by atoms with Crippen molar-refractivity contribution in [1.29, 1.82) is 0 Å². The van der Waals surface area contributed by atoms with Crippen molar-refractivity contribution >= 4 is 11.6 Å². The van der Waals surface area contributed by atoms with Crippen LogP contribution in [-0.4, -0.2) is 6.07 Å². The molecule has 0 unspecified atom stereocenters. The largest absolute Gasteiger partial charge is 0.519 e. The quantitative estimate of drug-likeness (QED) is 0.654. The molecule has 0 aliphatic carbocycles. The van der Waals surface area contributed by atoms with Crippen molar-refractivity contribution in [2.24, 2.45) is 0 Å². The molecule has 0 aliphatic rings. The normalized spacial score (nSPS) is 10.4. The maximum Gasteiger partial charge on any atom is 0.519 e. The lowest BCUT2D eigenvalue weighted by atomic mass is 10.4. The highest BCUT2D eigenvalue weighted by molar-refractivity contribution is 6.17. The van der Waals surface area contributed by atoms with E-state index in [0.29, 0.717) is 11.5 Å². The van der Waals surface area contributed by atoms with E-state index in [9.17, 15) is 4.79 Å². The Morgan fingerprint density at radius 1 is 1.55 bits per heavy atom. The van der Waals surface area contributed by atoms with Crippen LogP contribution in [0.1, 0.15) is 11.5 Å². The predicted molar refractivity (Wildman–Crippen MR) is 37.5 cm³/mol. The molecule has 1 aromatic rings. The van der Waals surface area contributed by atoms with Crippen LogP contribution in [0.5, 0.6) is 0 Å². The van der Waals surface area contributed by atoms with Gasteiger partial charge in [0.15, 0.2) is 5.76 Å². The van der Waals surface area contributed by atoms with Crippen LogP contribution in [0.25, 0.3) is 0 Å². The van der Waals surface area contributed by atoms with E-state index in [-0.39, 0.29) is 12.7 Å². The summed E-state index contributed by atoms with van der Waals surface area (Å²) in [5.41, 5.74) is 0. The van der Waals surface area contributed by atoms with Crippen LogP contribution < -0.4 is 5.82 Å². The number of rotatable bonds is 3. The number of hydrogen-bond donors (Lipinski definition) is 0. The summed E-state index contributed by atoms with van der Waals surface area (Å²) in [6.07, 6.45) is 0. The highest BCUT2D eigenvalue weighted by Gasteiger charge is 2.06. The van der Waals surface area contributed by atoms with Gasteiger partial charge >= 0.3 is 5.82 Å². The number of halogens is 1. The van der Waals surface area contributed by atoms with Gasteiger partial charge in [0.05, 0.1) is 0 Å². The van der Waals surface area contributed by atoms with Crippen molar-refractivity contribution in [2.45, 2.75) is 13.5 Å². The molecule has 0 fully saturated rings. The minimum Gasteiger partial charge on any atom is -0.396 e. The summed E-state index contributed by atoms with van der Waals surface area (Å²) in [6.45, 7) is 1.79. The van der Waals surface area contributed by atoms with E-state index in [2.05, 4.69) is 8.83 Å². The Balaban J connectivity index is 2.69. The van der Waals surface area contributed by atoms with Crippen LogP contribution >= 0.6 is 11.6 Å². The average Bonchev–Trinajstić information content (AvgIpc) is 2.26. The summed E-state index contributed by atoms with van der Waals surface area (Å²) >= 11 is 5.24. The third kappa shape index (κ3) is 2.10. The van der Waals surface area contributed by atoms with Gasteiger partial charge in [-0.3, -0.25) is 0 Å². The van der Waals surface area contributed by atoms with Crippen LogP contribution in [0.15, 0.2) is 13.6 Å². The van der Waals surface area contributed by atoms with Gasteiger partial charge in [-0.25, -0.2) is 4.79 Å². The highest BCUT2D eigenvalue weighted by Crippen LogP contribution is 2.05. The molecule has 4 nitrogen and oxygen atoms in total. The molecule has 0 spiro atoms. The van der Waals surface area contributed by atoms with Crippen molar-refractivity contribution < 1.29 is 13.6 Å². The van der Waals surface area contributed by atoms with E-state index >= 15 is 0 Å². The van der Waals surface area contributed by atoms with Gasteiger partial charge in [-0.2, -0.15) is 0 Å². The lowest BCUT2D eigenvalue weighted by Gasteiger charge is -1.93. The van der Waals surface area contributed by atoms with Gasteiger partial charge in [0.1, 0.15) is 18.4 Å². The number of aryl methyl sites for hydroxylation is 1. The second-order valence-corrected chi connectivity index (χ2v) is 2.11. The maximum absolute atomic E-state index is 10.5. The molecule has 5 heteroatoms. The van der Waals surface area contributed by atoms with Crippen molar-refractivity contribution in [1.82, 2.24) is 0 Å². The molecule has 0 atom stereocenters. The molecule has 0 N–H and O–H groups in total. The monoisotopic (exact) mass is 178 g/mol. The van der Waals surface area contributed by atoms with Crippen molar-refractivity contribution in [3.05, 3.63) is 22.1 Å². The van der Waals surface area contributed by atoms with Gasteiger partial charge in [-0.05, 0) is 6.92 Å². The van der Waals surface area contributed by atoms with E-state index in [1.165, 1.54) is 0 Å². The van der Waals surface area contributed by atoms with E-state index in [0.717, 1.165) is 0 Å². The zero-order valence-electron chi connectivity index (χ0n) is 5.93. The van der Waals surface area contributed by atoms with E-state index < -0.39 is 5.82 Å². The van der Waals surface area contributed by atoms with Crippen LogP contribution in [0.4, 0.5) is 0 Å². The van der Waals surface area contributed by atoms with Crippen LogP contribution in [0.2, 0.25) is 0 Å². The molecular formula is C6H7ClO4. The standard InChI is InChI=1S/C6H7ClO4/c1-4-5(2-9-3-7)11-6(8)10-4/h2-3H2,1H3. The van der Waals surface area contributed by atoms with E-state index in [4.69, 9.17) is 16.3 Å². The minimum absolute atomic E-state index is 0.0638. The summed E-state index contributed by atoms with van der Waals surface area (Å²) in [4.78, 5) is 10.5. The predicted octanol–water partition coefficient (Wildman–Crippen LogP) is 1.25. The molecule has 11 heavy (non-hydrogen) atoms. The van der Waals surface area contributed by atoms with E-state index in [1.54, 1.807) is 6.92 Å². The first kappa shape index (κ1) is 8.36. The van der Waals surface area contributed by atoms with Crippen molar-refractivity contribution in [3.63, 3.8) is 0 Å². The SMILES string of the molecule is Cc1oc(=O)oc1COCCl. The summed E-state index contributed by atoms with van der Waals surface area (Å²) in [5, 5.41) is 0. The Morgan fingerprint density at radius 2 is 2.27 bits per heavy atom. The van der Waals surface area contributed by atoms with Crippen molar-refractivity contribution in [2.75, 3.05) is 6.07 Å². The van der Waals surface area contributed by atoms with Crippen molar-refractivity contribution in [3.8, 4) is 0 Å². The smallest absolute Gasteiger partial charge is 0.396 e. The average molecular weight is 179 g/mol. The lowest BCUT2D eigenvalue weighted by molar-refractivity contribution is 0.144. The summed E-state index contributed by atoms with van der Waals surface area (Å²) in [7, 11) is 0. The Morgan fingerprint density at radius 3 is 2.73 bits per heavy atom. The second-order valence-electron chi connectivity index (χ2n) is 1.89. The Hall–Kier alpha value is -0.740. The van der Waals surface area contributed by atoms with Gasteiger partial charge in [-0.1, -0.05) is 11.6 Å². The second kappa shape index (κ2) is 3.59. The molecular weight excluding hydrogens is 172 g/mol. The summed E-state index contributed by atoms with van der Waals surface area (Å²) in [6, 6.07) is 0.0638. The maximum atomic E-state index is 10.5. The van der Waals surface area contributed by atoms with Gasteiger partial charge < -0.3 is 13.6 Å². The first-order valence-electron chi connectivity index (χ1n) is 2.97. The topological polar surface area (TPSA) is 52.6 Å². The van der Waals surface area contributed by atoms with Crippen LogP contribution in [0, 0.1) is 6.92 Å². The van der Waals surface area contributed by atoms with Gasteiger partial charge in [-0.15, -0.1) is 0 Å². The zero-order chi connectivity index (χ0) is 8.27. The molecule has 1 aromatic heterocycles. The third-order valence-electron chi connectivity index (χ3n) is 1.15. The first-order chi connectivity index (χ1) is 5.24. The Kier molecular flexibility index (Phi) is 2.73. The van der Waals surface area contributed by atoms with Gasteiger partial charge in [0.2, 0.25) is 0 Å². The summed E-state index contributed by atoms with van der Waals surface area (Å²) in [5.74, 6) is 0.103. The molecule has 0 radical (unpaired) electrons. The summed E-state index contributed by atoms with van der Waals surface area (Å²) < 4.78 is 14.0. The molecule has 0 amide bonds. The van der Waals surface area contributed by atoms with Crippen LogP contribution in [0.3, 0.4) is 0 Å². The molecule has 0 bridgehead atoms. The lowest BCUT2D eigenvalue weighted by Crippen LogP contribution is -1.91. The molecule has 0 aromatic carbocycles. The fourth-order valence-electron chi connectivity index (χ4n) is 0.638. The number of alkyl halides is 1. The molecule has 0 saturated carbocycles.